The van der Waals surface area contributed by atoms with Crippen molar-refractivity contribution < 1.29 is 10.2 Å². The van der Waals surface area contributed by atoms with Crippen LogP contribution in [-0.2, 0) is 0 Å². The van der Waals surface area contributed by atoms with E-state index < -0.39 is 5.60 Å². The number of hydrogen-bond acceptors (Lipinski definition) is 2. The predicted octanol–water partition coefficient (Wildman–Crippen LogP) is 6.92. The number of aliphatic hydroxyl groups excluding tert-OH is 1. The molecule has 2 heteroatoms. The van der Waals surface area contributed by atoms with E-state index in [1.807, 2.05) is 0 Å². The second-order valence-electron chi connectivity index (χ2n) is 12.8. The van der Waals surface area contributed by atoms with Gasteiger partial charge in [0, 0.05) is 0 Å². The second kappa shape index (κ2) is 8.32. The van der Waals surface area contributed by atoms with E-state index in [-0.39, 0.29) is 12.0 Å². The molecule has 0 heterocycles. The van der Waals surface area contributed by atoms with Crippen molar-refractivity contribution >= 4 is 0 Å². The van der Waals surface area contributed by atoms with Crippen molar-refractivity contribution in [1.82, 2.24) is 0 Å². The van der Waals surface area contributed by atoms with E-state index >= 15 is 0 Å². The van der Waals surface area contributed by atoms with Crippen molar-refractivity contribution in [3.63, 3.8) is 0 Å². The van der Waals surface area contributed by atoms with E-state index in [9.17, 15) is 10.2 Å². The lowest BCUT2D eigenvalue weighted by Gasteiger charge is -2.58. The molecule has 1 unspecified atom stereocenters. The van der Waals surface area contributed by atoms with Crippen molar-refractivity contribution in [3.05, 3.63) is 24.3 Å². The Labute approximate surface area is 191 Å². The molecule has 0 aliphatic heterocycles. The van der Waals surface area contributed by atoms with Gasteiger partial charge in [0.1, 0.15) is 0 Å². The van der Waals surface area contributed by atoms with Gasteiger partial charge in [0.15, 0.2) is 0 Å². The monoisotopic (exact) mass is 428 g/mol. The van der Waals surface area contributed by atoms with E-state index in [0.717, 1.165) is 49.4 Å². The third-order valence-electron chi connectivity index (χ3n) is 11.2. The predicted molar refractivity (Wildman–Crippen MR) is 130 cm³/mol. The van der Waals surface area contributed by atoms with Crippen molar-refractivity contribution in [1.29, 1.82) is 0 Å². The first-order chi connectivity index (χ1) is 14.5. The zero-order valence-corrected chi connectivity index (χ0v) is 20.9. The fourth-order valence-corrected chi connectivity index (χ4v) is 8.90. The van der Waals surface area contributed by atoms with Gasteiger partial charge >= 0.3 is 0 Å². The lowest BCUT2D eigenvalue weighted by molar-refractivity contribution is -0.0590. The van der Waals surface area contributed by atoms with Gasteiger partial charge in [0.05, 0.1) is 11.7 Å². The molecule has 0 aromatic heterocycles. The molecule has 0 spiro atoms. The van der Waals surface area contributed by atoms with E-state index in [1.54, 1.807) is 11.6 Å². The van der Waals surface area contributed by atoms with E-state index in [2.05, 4.69) is 47.3 Å². The summed E-state index contributed by atoms with van der Waals surface area (Å²) in [5.41, 5.74) is 1.65. The van der Waals surface area contributed by atoms with Gasteiger partial charge in [-0.05, 0) is 111 Å². The van der Waals surface area contributed by atoms with Crippen LogP contribution in [0.15, 0.2) is 24.3 Å². The molecule has 4 aliphatic carbocycles. The molecule has 176 valence electrons. The van der Waals surface area contributed by atoms with Gasteiger partial charge in [-0.2, -0.15) is 0 Å². The molecule has 2 N–H and O–H groups in total. The minimum Gasteiger partial charge on any atom is -0.393 e. The summed E-state index contributed by atoms with van der Waals surface area (Å²) in [6.07, 6.45) is 16.0. The lowest BCUT2D eigenvalue weighted by atomic mass is 9.47. The summed E-state index contributed by atoms with van der Waals surface area (Å²) in [6.45, 7) is 15.7. The molecular weight excluding hydrogens is 380 g/mol. The summed E-state index contributed by atoms with van der Waals surface area (Å²) >= 11 is 0. The molecular formula is C29H48O2. The number of fused-ring (bicyclic) bond motifs is 5. The van der Waals surface area contributed by atoms with Crippen LogP contribution >= 0.6 is 0 Å². The average molecular weight is 429 g/mol. The summed E-state index contributed by atoms with van der Waals surface area (Å²) in [5, 5.41) is 21.2. The largest absolute Gasteiger partial charge is 0.393 e. The molecule has 3 fully saturated rings. The van der Waals surface area contributed by atoms with Crippen molar-refractivity contribution in [3.8, 4) is 0 Å². The molecule has 31 heavy (non-hydrogen) atoms. The van der Waals surface area contributed by atoms with Gasteiger partial charge in [-0.1, -0.05) is 52.3 Å². The molecule has 2 nitrogen and oxygen atoms in total. The van der Waals surface area contributed by atoms with Crippen LogP contribution in [0.5, 0.6) is 0 Å². The molecule has 9 atom stereocenters. The van der Waals surface area contributed by atoms with Gasteiger partial charge in [-0.25, -0.2) is 0 Å². The van der Waals surface area contributed by atoms with Crippen molar-refractivity contribution in [2.45, 2.75) is 111 Å². The highest BCUT2D eigenvalue weighted by atomic mass is 16.3. The number of rotatable bonds is 6. The topological polar surface area (TPSA) is 40.5 Å². The van der Waals surface area contributed by atoms with E-state index in [0.29, 0.717) is 16.7 Å². The maximum atomic E-state index is 11.0. The molecule has 0 radical (unpaired) electrons. The third-order valence-corrected chi connectivity index (χ3v) is 11.2. The van der Waals surface area contributed by atoms with Gasteiger partial charge in [0.2, 0.25) is 0 Å². The number of aliphatic hydroxyl groups is 2. The van der Waals surface area contributed by atoms with E-state index in [4.69, 9.17) is 0 Å². The third kappa shape index (κ3) is 3.78. The Morgan fingerprint density at radius 2 is 1.87 bits per heavy atom. The zero-order chi connectivity index (χ0) is 22.6. The zero-order valence-electron chi connectivity index (χ0n) is 20.9. The standard InChI is InChI=1S/C29H48O2/c1-7-29(31,19(2)3)17-12-20(4)24-10-11-25-23-9-8-21-18-22(30)13-15-27(21,5)26(23)14-16-28(24,25)6/h7-8,19-20,22-26,30-31H,1,9-18H2,2-6H3/t20-,22+,23+,24-,25+,26+,27+,28-,29?/m1/s1. The van der Waals surface area contributed by atoms with Crippen molar-refractivity contribution in [2.24, 2.45) is 46.3 Å². The summed E-state index contributed by atoms with van der Waals surface area (Å²) in [5.74, 6) is 4.17. The SMILES string of the molecule is C=CC(O)(CC[C@@H](C)[C@H]1CC[C@H]2[C@@H]3CC=C4C[C@@H](O)CC[C@]4(C)[C@H]3CC[C@]12C)C(C)C. The quantitative estimate of drug-likeness (QED) is 0.451. The molecule has 4 rings (SSSR count). The van der Waals surface area contributed by atoms with Gasteiger partial charge in [-0.3, -0.25) is 0 Å². The molecule has 0 amide bonds. The van der Waals surface area contributed by atoms with E-state index in [1.165, 1.54) is 38.5 Å². The van der Waals surface area contributed by atoms with Crippen LogP contribution in [0.4, 0.5) is 0 Å². The summed E-state index contributed by atoms with van der Waals surface area (Å²) < 4.78 is 0. The Morgan fingerprint density at radius 1 is 1.13 bits per heavy atom. The Balaban J connectivity index is 1.49. The normalized spacial score (nSPS) is 45.2. The van der Waals surface area contributed by atoms with Crippen LogP contribution in [0, 0.1) is 46.3 Å². The maximum absolute atomic E-state index is 11.0. The molecule has 4 aliphatic rings. The Bertz CT molecular complexity index is 710. The van der Waals surface area contributed by atoms with Crippen LogP contribution in [0.25, 0.3) is 0 Å². The Morgan fingerprint density at radius 3 is 2.55 bits per heavy atom. The van der Waals surface area contributed by atoms with Gasteiger partial charge in [-0.15, -0.1) is 6.58 Å². The molecule has 0 saturated heterocycles. The Hall–Kier alpha value is -0.600. The Kier molecular flexibility index (Phi) is 6.32. The fourth-order valence-electron chi connectivity index (χ4n) is 8.90. The van der Waals surface area contributed by atoms with Crippen LogP contribution < -0.4 is 0 Å². The van der Waals surface area contributed by atoms with Gasteiger partial charge in [0.25, 0.3) is 0 Å². The van der Waals surface area contributed by atoms with Crippen molar-refractivity contribution in [2.75, 3.05) is 0 Å². The van der Waals surface area contributed by atoms with Crippen LogP contribution in [0.3, 0.4) is 0 Å². The first kappa shape index (κ1) is 23.6. The van der Waals surface area contributed by atoms with Gasteiger partial charge < -0.3 is 10.2 Å². The lowest BCUT2D eigenvalue weighted by Crippen LogP contribution is -2.50. The van der Waals surface area contributed by atoms with Crippen LogP contribution in [-0.4, -0.2) is 21.9 Å². The first-order valence-corrected chi connectivity index (χ1v) is 13.3. The number of hydrogen-bond donors (Lipinski definition) is 2. The van der Waals surface area contributed by atoms with Crippen LogP contribution in [0.2, 0.25) is 0 Å². The summed E-state index contributed by atoms with van der Waals surface area (Å²) in [6, 6.07) is 0. The highest BCUT2D eigenvalue weighted by molar-refractivity contribution is 5.25. The number of allylic oxidation sites excluding steroid dienone is 1. The fraction of sp³-hybridized carbons (Fsp3) is 0.862. The second-order valence-corrected chi connectivity index (χ2v) is 12.8. The minimum absolute atomic E-state index is 0.110. The molecule has 0 aromatic carbocycles. The average Bonchev–Trinajstić information content (AvgIpc) is 3.09. The minimum atomic E-state index is -0.727. The summed E-state index contributed by atoms with van der Waals surface area (Å²) in [7, 11) is 0. The maximum Gasteiger partial charge on any atom is 0.0847 e. The molecule has 3 saturated carbocycles. The first-order valence-electron chi connectivity index (χ1n) is 13.3. The molecule has 0 aromatic rings. The highest BCUT2D eigenvalue weighted by Crippen LogP contribution is 2.67. The van der Waals surface area contributed by atoms with Crippen LogP contribution in [0.1, 0.15) is 98.8 Å². The summed E-state index contributed by atoms with van der Waals surface area (Å²) in [4.78, 5) is 0. The highest BCUT2D eigenvalue weighted by Gasteiger charge is 2.59. The molecule has 0 bridgehead atoms. The smallest absolute Gasteiger partial charge is 0.0847 e.